The maximum atomic E-state index is 12.7. The standard InChI is InChI=1S/C15H22N2O2S/c18-10-9-16-5-7-17(8-6-16)15(19)13-2-1-3-14-12(13)4-11-20-14/h4,11,13,18H,1-3,5-10H2. The average Bonchev–Trinajstić information content (AvgIpc) is 2.96. The van der Waals surface area contributed by atoms with Gasteiger partial charge in [-0.2, -0.15) is 0 Å². The first-order chi connectivity index (χ1) is 9.79. The summed E-state index contributed by atoms with van der Waals surface area (Å²) in [5, 5.41) is 11.1. The van der Waals surface area contributed by atoms with Crippen molar-refractivity contribution in [3.63, 3.8) is 0 Å². The van der Waals surface area contributed by atoms with Gasteiger partial charge in [0.1, 0.15) is 0 Å². The van der Waals surface area contributed by atoms with E-state index in [9.17, 15) is 4.79 Å². The highest BCUT2D eigenvalue weighted by Crippen LogP contribution is 2.36. The van der Waals surface area contributed by atoms with E-state index >= 15 is 0 Å². The van der Waals surface area contributed by atoms with Gasteiger partial charge in [-0.1, -0.05) is 0 Å². The van der Waals surface area contributed by atoms with Crippen molar-refractivity contribution in [2.45, 2.75) is 25.2 Å². The molecule has 1 aromatic heterocycles. The number of hydrogen-bond donors (Lipinski definition) is 1. The van der Waals surface area contributed by atoms with Gasteiger partial charge in [-0.15, -0.1) is 11.3 Å². The molecular weight excluding hydrogens is 272 g/mol. The molecule has 0 aromatic carbocycles. The lowest BCUT2D eigenvalue weighted by atomic mass is 9.86. The maximum absolute atomic E-state index is 12.7. The second-order valence-electron chi connectivity index (χ2n) is 5.63. The molecule has 0 radical (unpaired) electrons. The minimum Gasteiger partial charge on any atom is -0.395 e. The zero-order valence-electron chi connectivity index (χ0n) is 11.8. The lowest BCUT2D eigenvalue weighted by Crippen LogP contribution is -2.50. The molecule has 1 atom stereocenters. The Morgan fingerprint density at radius 3 is 2.90 bits per heavy atom. The highest BCUT2D eigenvalue weighted by Gasteiger charge is 2.31. The molecule has 0 saturated carbocycles. The summed E-state index contributed by atoms with van der Waals surface area (Å²) in [5.41, 5.74) is 1.28. The molecule has 1 aliphatic carbocycles. The number of rotatable bonds is 3. The zero-order chi connectivity index (χ0) is 13.9. The van der Waals surface area contributed by atoms with E-state index in [2.05, 4.69) is 16.3 Å². The normalized spacial score (nSPS) is 23.6. The molecule has 1 N–H and O–H groups in total. The van der Waals surface area contributed by atoms with Crippen molar-refractivity contribution in [1.82, 2.24) is 9.80 Å². The van der Waals surface area contributed by atoms with Crippen LogP contribution in [-0.2, 0) is 11.2 Å². The number of nitrogens with zero attached hydrogens (tertiary/aromatic N) is 2. The van der Waals surface area contributed by atoms with Crippen LogP contribution in [0.15, 0.2) is 11.4 Å². The maximum Gasteiger partial charge on any atom is 0.230 e. The smallest absolute Gasteiger partial charge is 0.230 e. The van der Waals surface area contributed by atoms with Crippen molar-refractivity contribution in [3.8, 4) is 0 Å². The molecule has 1 saturated heterocycles. The fourth-order valence-corrected chi connectivity index (χ4v) is 4.28. The van der Waals surface area contributed by atoms with Crippen molar-refractivity contribution >= 4 is 17.2 Å². The Bertz CT molecular complexity index is 466. The van der Waals surface area contributed by atoms with E-state index in [-0.39, 0.29) is 12.5 Å². The van der Waals surface area contributed by atoms with Gasteiger partial charge >= 0.3 is 0 Å². The predicted octanol–water partition coefficient (Wildman–Crippen LogP) is 1.30. The largest absolute Gasteiger partial charge is 0.395 e. The van der Waals surface area contributed by atoms with Crippen LogP contribution in [0, 0.1) is 0 Å². The van der Waals surface area contributed by atoms with E-state index in [4.69, 9.17) is 5.11 Å². The number of carbonyl (C=O) groups is 1. The van der Waals surface area contributed by atoms with E-state index in [0.717, 1.165) is 52.0 Å². The summed E-state index contributed by atoms with van der Waals surface area (Å²) in [6.45, 7) is 4.30. The first-order valence-electron chi connectivity index (χ1n) is 7.48. The minimum absolute atomic E-state index is 0.0920. The molecule has 4 nitrogen and oxygen atoms in total. The quantitative estimate of drug-likeness (QED) is 0.914. The second kappa shape index (κ2) is 6.24. The van der Waals surface area contributed by atoms with Crippen LogP contribution < -0.4 is 0 Å². The highest BCUT2D eigenvalue weighted by molar-refractivity contribution is 7.10. The number of carbonyl (C=O) groups excluding carboxylic acids is 1. The molecule has 0 bridgehead atoms. The van der Waals surface area contributed by atoms with Crippen LogP contribution in [0.25, 0.3) is 0 Å². The Kier molecular flexibility index (Phi) is 4.38. The van der Waals surface area contributed by atoms with Crippen molar-refractivity contribution < 1.29 is 9.90 Å². The molecule has 1 aromatic rings. The van der Waals surface area contributed by atoms with Crippen LogP contribution in [0.4, 0.5) is 0 Å². The van der Waals surface area contributed by atoms with Crippen LogP contribution in [0.3, 0.4) is 0 Å². The summed E-state index contributed by atoms with van der Waals surface area (Å²) in [7, 11) is 0. The number of β-amino-alcohol motifs (C(OH)–C–C–N with tert-alkyl or cyclic N) is 1. The molecule has 110 valence electrons. The van der Waals surface area contributed by atoms with E-state index in [1.165, 1.54) is 10.4 Å². The van der Waals surface area contributed by atoms with Crippen molar-refractivity contribution in [3.05, 3.63) is 21.9 Å². The van der Waals surface area contributed by atoms with Crippen LogP contribution in [-0.4, -0.2) is 60.1 Å². The van der Waals surface area contributed by atoms with E-state index in [0.29, 0.717) is 5.91 Å². The van der Waals surface area contributed by atoms with Gasteiger partial charge in [0.25, 0.3) is 0 Å². The average molecular weight is 294 g/mol. The fourth-order valence-electron chi connectivity index (χ4n) is 3.30. The van der Waals surface area contributed by atoms with Crippen LogP contribution >= 0.6 is 11.3 Å². The van der Waals surface area contributed by atoms with Gasteiger partial charge < -0.3 is 10.0 Å². The van der Waals surface area contributed by atoms with Gasteiger partial charge in [0.05, 0.1) is 12.5 Å². The summed E-state index contributed by atoms with van der Waals surface area (Å²) in [6.07, 6.45) is 3.27. The molecule has 20 heavy (non-hydrogen) atoms. The first kappa shape index (κ1) is 14.0. The monoisotopic (exact) mass is 294 g/mol. The van der Waals surface area contributed by atoms with Gasteiger partial charge in [-0.3, -0.25) is 9.69 Å². The SMILES string of the molecule is O=C(C1CCCc2sccc21)N1CCN(CCO)CC1. The number of piperazine rings is 1. The number of thiophene rings is 1. The summed E-state index contributed by atoms with van der Waals surface area (Å²) >= 11 is 1.79. The Morgan fingerprint density at radius 2 is 2.15 bits per heavy atom. The third-order valence-electron chi connectivity index (χ3n) is 4.45. The van der Waals surface area contributed by atoms with Gasteiger partial charge in [-0.25, -0.2) is 0 Å². The number of fused-ring (bicyclic) bond motifs is 1. The van der Waals surface area contributed by atoms with Gasteiger partial charge in [0.2, 0.25) is 5.91 Å². The van der Waals surface area contributed by atoms with Crippen molar-refractivity contribution in [2.24, 2.45) is 0 Å². The molecule has 1 fully saturated rings. The molecule has 2 heterocycles. The highest BCUT2D eigenvalue weighted by atomic mass is 32.1. The molecular formula is C15H22N2O2S. The Morgan fingerprint density at radius 1 is 1.35 bits per heavy atom. The topological polar surface area (TPSA) is 43.8 Å². The summed E-state index contributed by atoms with van der Waals surface area (Å²) in [4.78, 5) is 18.4. The zero-order valence-corrected chi connectivity index (χ0v) is 12.6. The lowest BCUT2D eigenvalue weighted by Gasteiger charge is -2.37. The van der Waals surface area contributed by atoms with Crippen LogP contribution in [0.1, 0.15) is 29.2 Å². The van der Waals surface area contributed by atoms with Crippen LogP contribution in [0.2, 0.25) is 0 Å². The number of hydrogen-bond acceptors (Lipinski definition) is 4. The minimum atomic E-state index is 0.0920. The van der Waals surface area contributed by atoms with E-state index < -0.39 is 0 Å². The Hall–Kier alpha value is -0.910. The third kappa shape index (κ3) is 2.75. The number of aliphatic hydroxyl groups excluding tert-OH is 1. The summed E-state index contributed by atoms with van der Waals surface area (Å²) in [5.74, 6) is 0.405. The van der Waals surface area contributed by atoms with E-state index in [1.54, 1.807) is 11.3 Å². The molecule has 5 heteroatoms. The molecule has 1 unspecified atom stereocenters. The number of aliphatic hydroxyl groups is 1. The summed E-state index contributed by atoms with van der Waals surface area (Å²) in [6, 6.07) is 2.14. The second-order valence-corrected chi connectivity index (χ2v) is 6.64. The molecule has 2 aliphatic rings. The Labute approximate surface area is 124 Å². The van der Waals surface area contributed by atoms with Crippen LogP contribution in [0.5, 0.6) is 0 Å². The fraction of sp³-hybridized carbons (Fsp3) is 0.667. The van der Waals surface area contributed by atoms with Gasteiger partial charge in [-0.05, 0) is 36.3 Å². The van der Waals surface area contributed by atoms with Gasteiger partial charge in [0, 0.05) is 37.6 Å². The predicted molar refractivity (Wildman–Crippen MR) is 80.1 cm³/mol. The first-order valence-corrected chi connectivity index (χ1v) is 8.36. The third-order valence-corrected chi connectivity index (χ3v) is 5.45. The number of amides is 1. The number of aryl methyl sites for hydroxylation is 1. The van der Waals surface area contributed by atoms with E-state index in [1.807, 2.05) is 4.90 Å². The molecule has 1 aliphatic heterocycles. The summed E-state index contributed by atoms with van der Waals surface area (Å²) < 4.78 is 0. The Balaban J connectivity index is 1.64. The molecule has 3 rings (SSSR count). The molecule has 0 spiro atoms. The molecule has 1 amide bonds. The van der Waals surface area contributed by atoms with Gasteiger partial charge in [0.15, 0.2) is 0 Å². The van der Waals surface area contributed by atoms with Crippen molar-refractivity contribution in [2.75, 3.05) is 39.3 Å². The van der Waals surface area contributed by atoms with Crippen molar-refractivity contribution in [1.29, 1.82) is 0 Å². The lowest BCUT2D eigenvalue weighted by molar-refractivity contribution is -0.135.